The maximum absolute atomic E-state index is 13.9. The molecule has 4 heteroatoms. The standard InChI is InChI=1S/C14H12F2OS/c1-3-9-5-8-12(18-9)10-6-7-11(17-4-2)14(16)13(10)15/h3,5-8H,1,4H2,2H3. The van der Waals surface area contributed by atoms with Crippen LogP contribution in [0.4, 0.5) is 8.78 Å². The van der Waals surface area contributed by atoms with Crippen molar-refractivity contribution in [3.8, 4) is 16.2 Å². The van der Waals surface area contributed by atoms with Crippen LogP contribution in [-0.2, 0) is 0 Å². The highest BCUT2D eigenvalue weighted by Gasteiger charge is 2.16. The number of hydrogen-bond acceptors (Lipinski definition) is 2. The Kier molecular flexibility index (Phi) is 3.77. The van der Waals surface area contributed by atoms with Crippen molar-refractivity contribution in [3.63, 3.8) is 0 Å². The van der Waals surface area contributed by atoms with E-state index in [0.717, 1.165) is 4.88 Å². The topological polar surface area (TPSA) is 9.23 Å². The lowest BCUT2D eigenvalue weighted by molar-refractivity contribution is 0.314. The monoisotopic (exact) mass is 266 g/mol. The highest BCUT2D eigenvalue weighted by Crippen LogP contribution is 2.34. The lowest BCUT2D eigenvalue weighted by Gasteiger charge is -2.07. The Morgan fingerprint density at radius 1 is 1.22 bits per heavy atom. The van der Waals surface area contributed by atoms with Crippen LogP contribution in [0.15, 0.2) is 30.8 Å². The van der Waals surface area contributed by atoms with Crippen molar-refractivity contribution in [1.29, 1.82) is 0 Å². The molecule has 0 N–H and O–H groups in total. The van der Waals surface area contributed by atoms with E-state index in [-0.39, 0.29) is 11.3 Å². The summed E-state index contributed by atoms with van der Waals surface area (Å²) in [5.41, 5.74) is 0.244. The molecule has 0 fully saturated rings. The molecule has 0 aliphatic heterocycles. The third-order valence-electron chi connectivity index (χ3n) is 2.44. The molecule has 0 saturated heterocycles. The van der Waals surface area contributed by atoms with Crippen LogP contribution in [0.3, 0.4) is 0 Å². The second-order valence-electron chi connectivity index (χ2n) is 3.58. The van der Waals surface area contributed by atoms with E-state index in [1.165, 1.54) is 23.5 Å². The number of halogens is 2. The molecule has 0 saturated carbocycles. The predicted molar refractivity (Wildman–Crippen MR) is 70.9 cm³/mol. The van der Waals surface area contributed by atoms with Gasteiger partial charge in [0, 0.05) is 15.3 Å². The minimum absolute atomic E-state index is 0.0562. The second-order valence-corrected chi connectivity index (χ2v) is 4.69. The molecule has 2 rings (SSSR count). The summed E-state index contributed by atoms with van der Waals surface area (Å²) in [6.07, 6.45) is 1.68. The quantitative estimate of drug-likeness (QED) is 0.777. The largest absolute Gasteiger partial charge is 0.491 e. The third-order valence-corrected chi connectivity index (χ3v) is 3.55. The zero-order valence-electron chi connectivity index (χ0n) is 9.87. The Morgan fingerprint density at radius 3 is 2.61 bits per heavy atom. The molecule has 1 aromatic heterocycles. The van der Waals surface area contributed by atoms with Crippen LogP contribution in [0.1, 0.15) is 11.8 Å². The first kappa shape index (κ1) is 12.8. The predicted octanol–water partition coefficient (Wildman–Crippen LogP) is 4.74. The van der Waals surface area contributed by atoms with Gasteiger partial charge in [0.2, 0.25) is 5.82 Å². The van der Waals surface area contributed by atoms with Gasteiger partial charge >= 0.3 is 0 Å². The van der Waals surface area contributed by atoms with Crippen LogP contribution in [0.2, 0.25) is 0 Å². The van der Waals surface area contributed by atoms with Gasteiger partial charge in [-0.1, -0.05) is 12.7 Å². The number of ether oxygens (including phenoxy) is 1. The lowest BCUT2D eigenvalue weighted by Crippen LogP contribution is -1.98. The van der Waals surface area contributed by atoms with Gasteiger partial charge in [0.1, 0.15) is 0 Å². The van der Waals surface area contributed by atoms with Crippen molar-refractivity contribution >= 4 is 17.4 Å². The van der Waals surface area contributed by atoms with Gasteiger partial charge in [-0.05, 0) is 31.2 Å². The molecule has 1 aromatic carbocycles. The molecule has 0 aliphatic rings. The van der Waals surface area contributed by atoms with E-state index in [9.17, 15) is 8.78 Å². The SMILES string of the molecule is C=Cc1ccc(-c2ccc(OCC)c(F)c2F)s1. The zero-order valence-corrected chi connectivity index (χ0v) is 10.7. The Hall–Kier alpha value is -1.68. The minimum Gasteiger partial charge on any atom is -0.491 e. The average molecular weight is 266 g/mol. The summed E-state index contributed by atoms with van der Waals surface area (Å²) in [6, 6.07) is 6.55. The molecule has 0 atom stereocenters. The maximum Gasteiger partial charge on any atom is 0.201 e. The fourth-order valence-corrected chi connectivity index (χ4v) is 2.47. The summed E-state index contributed by atoms with van der Waals surface area (Å²) in [5.74, 6) is -1.87. The first-order valence-corrected chi connectivity index (χ1v) is 6.32. The molecule has 1 heterocycles. The summed E-state index contributed by atoms with van der Waals surface area (Å²) < 4.78 is 32.6. The summed E-state index contributed by atoms with van der Waals surface area (Å²) in [6.45, 7) is 5.66. The second kappa shape index (κ2) is 5.31. The fourth-order valence-electron chi connectivity index (χ4n) is 1.60. The van der Waals surface area contributed by atoms with E-state index >= 15 is 0 Å². The molecular formula is C14H12F2OS. The Labute approximate surface area is 108 Å². The van der Waals surface area contributed by atoms with Gasteiger partial charge in [-0.3, -0.25) is 0 Å². The number of hydrogen-bond donors (Lipinski definition) is 0. The summed E-state index contributed by atoms with van der Waals surface area (Å²) in [4.78, 5) is 1.59. The van der Waals surface area contributed by atoms with Crippen molar-refractivity contribution in [2.24, 2.45) is 0 Å². The van der Waals surface area contributed by atoms with E-state index in [0.29, 0.717) is 11.5 Å². The van der Waals surface area contributed by atoms with Crippen LogP contribution in [0.25, 0.3) is 16.5 Å². The summed E-state index contributed by atoms with van der Waals surface area (Å²) >= 11 is 1.36. The van der Waals surface area contributed by atoms with Crippen molar-refractivity contribution in [2.75, 3.05) is 6.61 Å². The molecular weight excluding hydrogens is 254 g/mol. The first-order valence-electron chi connectivity index (χ1n) is 5.50. The molecule has 0 bridgehead atoms. The normalized spacial score (nSPS) is 10.4. The smallest absolute Gasteiger partial charge is 0.201 e. The van der Waals surface area contributed by atoms with E-state index in [2.05, 4.69) is 6.58 Å². The average Bonchev–Trinajstić information content (AvgIpc) is 2.84. The van der Waals surface area contributed by atoms with E-state index in [4.69, 9.17) is 4.74 Å². The molecule has 0 spiro atoms. The minimum atomic E-state index is -0.942. The van der Waals surface area contributed by atoms with Crippen LogP contribution >= 0.6 is 11.3 Å². The number of benzene rings is 1. The first-order chi connectivity index (χ1) is 8.67. The summed E-state index contributed by atoms with van der Waals surface area (Å²) in [7, 11) is 0. The molecule has 0 amide bonds. The number of thiophene rings is 1. The summed E-state index contributed by atoms with van der Waals surface area (Å²) in [5, 5.41) is 0. The highest BCUT2D eigenvalue weighted by molar-refractivity contribution is 7.16. The highest BCUT2D eigenvalue weighted by atomic mass is 32.1. The molecule has 94 valence electrons. The van der Waals surface area contributed by atoms with Gasteiger partial charge in [-0.2, -0.15) is 4.39 Å². The van der Waals surface area contributed by atoms with Crippen molar-refractivity contribution < 1.29 is 13.5 Å². The molecule has 18 heavy (non-hydrogen) atoms. The molecule has 1 nitrogen and oxygen atoms in total. The van der Waals surface area contributed by atoms with Gasteiger partial charge in [0.25, 0.3) is 0 Å². The molecule has 2 aromatic rings. The van der Waals surface area contributed by atoms with E-state index in [1.54, 1.807) is 19.1 Å². The Balaban J connectivity index is 2.46. The van der Waals surface area contributed by atoms with E-state index in [1.807, 2.05) is 6.07 Å². The van der Waals surface area contributed by atoms with Crippen molar-refractivity contribution in [2.45, 2.75) is 6.92 Å². The van der Waals surface area contributed by atoms with Gasteiger partial charge in [-0.25, -0.2) is 4.39 Å². The third kappa shape index (κ3) is 2.29. The van der Waals surface area contributed by atoms with Crippen LogP contribution in [-0.4, -0.2) is 6.61 Å². The van der Waals surface area contributed by atoms with Crippen LogP contribution in [0.5, 0.6) is 5.75 Å². The van der Waals surface area contributed by atoms with Crippen LogP contribution < -0.4 is 4.74 Å². The molecule has 0 aliphatic carbocycles. The van der Waals surface area contributed by atoms with Crippen molar-refractivity contribution in [3.05, 3.63) is 47.4 Å². The molecule has 0 radical (unpaired) electrons. The molecule has 0 unspecified atom stereocenters. The van der Waals surface area contributed by atoms with Gasteiger partial charge in [-0.15, -0.1) is 11.3 Å². The Bertz CT molecular complexity index is 575. The fraction of sp³-hybridized carbons (Fsp3) is 0.143. The van der Waals surface area contributed by atoms with Crippen molar-refractivity contribution in [1.82, 2.24) is 0 Å². The van der Waals surface area contributed by atoms with E-state index < -0.39 is 11.6 Å². The van der Waals surface area contributed by atoms with Gasteiger partial charge < -0.3 is 4.74 Å². The Morgan fingerprint density at radius 2 is 2.00 bits per heavy atom. The zero-order chi connectivity index (χ0) is 13.1. The lowest BCUT2D eigenvalue weighted by atomic mass is 10.1. The maximum atomic E-state index is 13.9. The van der Waals surface area contributed by atoms with Gasteiger partial charge in [0.05, 0.1) is 6.61 Å². The van der Waals surface area contributed by atoms with Crippen LogP contribution in [0, 0.1) is 11.6 Å². The van der Waals surface area contributed by atoms with Gasteiger partial charge in [0.15, 0.2) is 11.6 Å². The number of rotatable bonds is 4.